The van der Waals surface area contributed by atoms with E-state index in [0.717, 1.165) is 0 Å². The van der Waals surface area contributed by atoms with Crippen LogP contribution in [0.5, 0.6) is 0 Å². The average Bonchev–Trinajstić information content (AvgIpc) is 3.21. The Morgan fingerprint density at radius 1 is 1.11 bits per heavy atom. The lowest BCUT2D eigenvalue weighted by Gasteiger charge is -2.37. The number of imide groups is 1. The maximum atomic E-state index is 12.9. The van der Waals surface area contributed by atoms with Crippen molar-refractivity contribution >= 4 is 23.7 Å². The van der Waals surface area contributed by atoms with Crippen molar-refractivity contribution in [3.8, 4) is 0 Å². The van der Waals surface area contributed by atoms with E-state index in [1.807, 2.05) is 0 Å². The first kappa shape index (κ1) is 17.9. The van der Waals surface area contributed by atoms with E-state index in [1.165, 1.54) is 17.0 Å². The smallest absolute Gasteiger partial charge is 0.338 e. The van der Waals surface area contributed by atoms with Crippen LogP contribution in [0.4, 0.5) is 0 Å². The lowest BCUT2D eigenvalue weighted by molar-refractivity contribution is -0.178. The third kappa shape index (κ3) is 2.75. The number of amides is 3. The number of hydroxylamine groups is 2. The van der Waals surface area contributed by atoms with E-state index in [4.69, 9.17) is 4.84 Å². The predicted octanol–water partition coefficient (Wildman–Crippen LogP) is 1.08. The van der Waals surface area contributed by atoms with Crippen molar-refractivity contribution in [2.45, 2.75) is 18.9 Å². The van der Waals surface area contributed by atoms with Crippen molar-refractivity contribution in [1.82, 2.24) is 19.7 Å². The van der Waals surface area contributed by atoms with Gasteiger partial charge in [-0.3, -0.25) is 19.1 Å². The highest BCUT2D eigenvalue weighted by molar-refractivity contribution is 6.20. The molecule has 0 radical (unpaired) electrons. The van der Waals surface area contributed by atoms with Gasteiger partial charge >= 0.3 is 5.97 Å². The van der Waals surface area contributed by atoms with Gasteiger partial charge in [-0.15, -0.1) is 0 Å². The van der Waals surface area contributed by atoms with Crippen LogP contribution in [0.15, 0.2) is 36.7 Å². The first-order chi connectivity index (χ1) is 13.4. The molecule has 2 aromatic rings. The van der Waals surface area contributed by atoms with Gasteiger partial charge in [-0.05, 0) is 18.6 Å². The minimum absolute atomic E-state index is 0.0985. The molecule has 28 heavy (non-hydrogen) atoms. The van der Waals surface area contributed by atoms with Gasteiger partial charge in [0.05, 0.1) is 29.3 Å². The van der Waals surface area contributed by atoms with Gasteiger partial charge in [0, 0.05) is 32.3 Å². The zero-order valence-electron chi connectivity index (χ0n) is 15.4. The highest BCUT2D eigenvalue weighted by Crippen LogP contribution is 2.37. The summed E-state index contributed by atoms with van der Waals surface area (Å²) >= 11 is 0. The standard InChI is InChI=1S/C19H18N4O5/c1-21-10-11(9-20-21)16-14(7-8-15(24)22(16)2)19(27)28-23-17(25)12-5-3-4-6-13(12)18(23)26/h3-6,9-10,14,16H,7-8H2,1-2H3. The third-order valence-corrected chi connectivity index (χ3v) is 5.17. The number of carbonyl (C=O) groups is 4. The average molecular weight is 382 g/mol. The molecular weight excluding hydrogens is 364 g/mol. The Morgan fingerprint density at radius 3 is 2.32 bits per heavy atom. The molecule has 2 aliphatic heterocycles. The second kappa shape index (κ2) is 6.59. The number of likely N-dealkylation sites (tertiary alicyclic amines) is 1. The first-order valence-electron chi connectivity index (χ1n) is 8.82. The predicted molar refractivity (Wildman–Crippen MR) is 94.5 cm³/mol. The van der Waals surface area contributed by atoms with Crippen molar-refractivity contribution in [2.75, 3.05) is 7.05 Å². The molecule has 4 rings (SSSR count). The molecule has 9 heteroatoms. The molecule has 1 saturated heterocycles. The van der Waals surface area contributed by atoms with Gasteiger partial charge in [-0.25, -0.2) is 4.79 Å². The Hall–Kier alpha value is -3.49. The molecule has 144 valence electrons. The third-order valence-electron chi connectivity index (χ3n) is 5.17. The van der Waals surface area contributed by atoms with Crippen LogP contribution in [0.25, 0.3) is 0 Å². The molecule has 0 spiro atoms. The van der Waals surface area contributed by atoms with Gasteiger partial charge < -0.3 is 9.74 Å². The zero-order valence-corrected chi connectivity index (χ0v) is 15.4. The molecule has 0 bridgehead atoms. The van der Waals surface area contributed by atoms with Crippen LogP contribution in [-0.4, -0.2) is 50.5 Å². The van der Waals surface area contributed by atoms with Crippen LogP contribution in [0.3, 0.4) is 0 Å². The fourth-order valence-corrected chi connectivity index (χ4v) is 3.74. The Kier molecular flexibility index (Phi) is 4.21. The molecule has 1 fully saturated rings. The van der Waals surface area contributed by atoms with Crippen molar-refractivity contribution in [1.29, 1.82) is 0 Å². The van der Waals surface area contributed by atoms with Crippen LogP contribution < -0.4 is 0 Å². The second-order valence-electron chi connectivity index (χ2n) is 6.90. The molecule has 2 unspecified atom stereocenters. The van der Waals surface area contributed by atoms with Crippen LogP contribution in [0, 0.1) is 5.92 Å². The number of nitrogens with zero attached hydrogens (tertiary/aromatic N) is 4. The van der Waals surface area contributed by atoms with Gasteiger partial charge in [-0.2, -0.15) is 5.10 Å². The van der Waals surface area contributed by atoms with Crippen molar-refractivity contribution in [3.05, 3.63) is 53.3 Å². The summed E-state index contributed by atoms with van der Waals surface area (Å²) in [6, 6.07) is 5.70. The van der Waals surface area contributed by atoms with E-state index >= 15 is 0 Å². The lowest BCUT2D eigenvalue weighted by atomic mass is 9.86. The number of fused-ring (bicyclic) bond motifs is 1. The maximum absolute atomic E-state index is 12.9. The number of carbonyl (C=O) groups excluding carboxylic acids is 4. The normalized spacial score (nSPS) is 21.9. The van der Waals surface area contributed by atoms with Gasteiger partial charge in [-0.1, -0.05) is 17.2 Å². The fraction of sp³-hybridized carbons (Fsp3) is 0.316. The maximum Gasteiger partial charge on any atom is 0.338 e. The van der Waals surface area contributed by atoms with Crippen LogP contribution in [0.1, 0.15) is 45.2 Å². The Balaban J connectivity index is 1.59. The summed E-state index contributed by atoms with van der Waals surface area (Å²) in [5.41, 5.74) is 1.07. The molecule has 2 aliphatic rings. The number of hydrogen-bond donors (Lipinski definition) is 0. The quantitative estimate of drug-likeness (QED) is 0.737. The van der Waals surface area contributed by atoms with E-state index in [1.54, 1.807) is 43.3 Å². The van der Waals surface area contributed by atoms with Crippen LogP contribution in [-0.2, 0) is 21.5 Å². The fourth-order valence-electron chi connectivity index (χ4n) is 3.74. The number of piperidine rings is 1. The highest BCUT2D eigenvalue weighted by atomic mass is 16.7. The second-order valence-corrected chi connectivity index (χ2v) is 6.90. The Bertz CT molecular complexity index is 963. The van der Waals surface area contributed by atoms with Crippen LogP contribution >= 0.6 is 0 Å². The summed E-state index contributed by atoms with van der Waals surface area (Å²) < 4.78 is 1.58. The minimum Gasteiger partial charge on any atom is -0.338 e. The first-order valence-corrected chi connectivity index (χ1v) is 8.82. The van der Waals surface area contributed by atoms with E-state index in [-0.39, 0.29) is 29.9 Å². The van der Waals surface area contributed by atoms with Crippen LogP contribution in [0.2, 0.25) is 0 Å². The van der Waals surface area contributed by atoms with E-state index in [9.17, 15) is 19.2 Å². The van der Waals surface area contributed by atoms with Gasteiger partial charge in [0.2, 0.25) is 5.91 Å². The van der Waals surface area contributed by atoms with E-state index < -0.39 is 29.7 Å². The van der Waals surface area contributed by atoms with Crippen molar-refractivity contribution in [3.63, 3.8) is 0 Å². The molecule has 0 saturated carbocycles. The molecule has 3 heterocycles. The highest BCUT2D eigenvalue weighted by Gasteiger charge is 2.44. The number of benzene rings is 1. The largest absolute Gasteiger partial charge is 0.338 e. The summed E-state index contributed by atoms with van der Waals surface area (Å²) in [6.07, 6.45) is 3.74. The summed E-state index contributed by atoms with van der Waals surface area (Å²) in [4.78, 5) is 56.7. The van der Waals surface area contributed by atoms with E-state index in [2.05, 4.69) is 5.10 Å². The molecule has 0 N–H and O–H groups in total. The summed E-state index contributed by atoms with van der Waals surface area (Å²) in [6.45, 7) is 0. The van der Waals surface area contributed by atoms with Gasteiger partial charge in [0.15, 0.2) is 0 Å². The Morgan fingerprint density at radius 2 is 1.75 bits per heavy atom. The number of aryl methyl sites for hydroxylation is 1. The number of aromatic nitrogens is 2. The molecule has 9 nitrogen and oxygen atoms in total. The summed E-state index contributed by atoms with van der Waals surface area (Å²) in [5, 5.41) is 4.61. The molecule has 1 aromatic heterocycles. The van der Waals surface area contributed by atoms with Gasteiger partial charge in [0.1, 0.15) is 0 Å². The zero-order chi connectivity index (χ0) is 20.0. The molecule has 1 aromatic carbocycles. The molecule has 0 aliphatic carbocycles. The summed E-state index contributed by atoms with van der Waals surface area (Å²) in [7, 11) is 3.35. The van der Waals surface area contributed by atoms with Gasteiger partial charge in [0.25, 0.3) is 11.8 Å². The van der Waals surface area contributed by atoms with Crippen molar-refractivity contribution < 1.29 is 24.0 Å². The molecule has 2 atom stereocenters. The van der Waals surface area contributed by atoms with Crippen molar-refractivity contribution in [2.24, 2.45) is 13.0 Å². The SMILES string of the molecule is CN1C(=O)CCC(C(=O)ON2C(=O)c3ccccc3C2=O)C1c1cnn(C)c1. The molecular formula is C19H18N4O5. The monoisotopic (exact) mass is 382 g/mol. The molecule has 3 amide bonds. The lowest BCUT2D eigenvalue weighted by Crippen LogP contribution is -2.45. The number of rotatable bonds is 3. The summed E-state index contributed by atoms with van der Waals surface area (Å²) in [5.74, 6) is -2.91. The Labute approximate surface area is 160 Å². The van der Waals surface area contributed by atoms with E-state index in [0.29, 0.717) is 10.6 Å². The number of hydrogen-bond acceptors (Lipinski definition) is 6. The minimum atomic E-state index is -0.734. The topological polar surface area (TPSA) is 102 Å².